The summed E-state index contributed by atoms with van der Waals surface area (Å²) in [6.07, 6.45) is 8.85. The minimum Gasteiger partial charge on any atom is -0.239 e. The Morgan fingerprint density at radius 2 is 2.03 bits per heavy atom. The predicted octanol–water partition coefficient (Wildman–Crippen LogP) is 6.07. The first-order valence-electron chi connectivity index (χ1n) is 11.7. The molecule has 3 heterocycles. The fourth-order valence-electron chi connectivity index (χ4n) is 4.25. The second-order valence-electron chi connectivity index (χ2n) is 8.66. The molecule has 0 saturated carbocycles. The van der Waals surface area contributed by atoms with Gasteiger partial charge in [-0.1, -0.05) is 31.2 Å². The number of thiazole rings is 1. The van der Waals surface area contributed by atoms with Crippen molar-refractivity contribution in [1.29, 1.82) is 0 Å². The Kier molecular flexibility index (Phi) is 6.84. The molecule has 0 amide bonds. The molecule has 1 aliphatic carbocycles. The number of fused-ring (bicyclic) bond motifs is 1. The molecule has 0 fully saturated rings. The van der Waals surface area contributed by atoms with Crippen LogP contribution in [0.3, 0.4) is 0 Å². The number of nitrogens with zero attached hydrogens (tertiary/aromatic N) is 3. The monoisotopic (exact) mass is 509 g/mol. The summed E-state index contributed by atoms with van der Waals surface area (Å²) in [5.41, 5.74) is 4.07. The largest absolute Gasteiger partial charge is 0.269 e. The molecule has 0 radical (unpaired) electrons. The Hall–Kier alpha value is -2.85. The fraction of sp³-hybridized carbons (Fsp3) is 0.308. The van der Waals surface area contributed by atoms with Crippen molar-refractivity contribution in [2.24, 2.45) is 5.92 Å². The highest BCUT2D eigenvalue weighted by Gasteiger charge is 2.24. The number of hydrogen-bond acceptors (Lipinski definition) is 7. The van der Waals surface area contributed by atoms with Crippen molar-refractivity contribution in [3.05, 3.63) is 70.8 Å². The van der Waals surface area contributed by atoms with E-state index in [1.54, 1.807) is 42.7 Å². The lowest BCUT2D eigenvalue weighted by molar-refractivity contribution is -0.300. The predicted molar refractivity (Wildman–Crippen MR) is 137 cm³/mol. The summed E-state index contributed by atoms with van der Waals surface area (Å²) in [5.74, 6) is 0.676. The zero-order valence-electron chi connectivity index (χ0n) is 19.7. The van der Waals surface area contributed by atoms with Gasteiger partial charge in [-0.05, 0) is 61.4 Å². The van der Waals surface area contributed by atoms with E-state index in [4.69, 9.17) is 9.78 Å². The molecule has 0 spiro atoms. The normalized spacial score (nSPS) is 16.5. The molecule has 0 saturated heterocycles. The standard InChI is InChI=1S/C26H27N3O4S2/c1-3-32-33-16-25-28-24(17-34-25)23-15-29(35(30,31)21-7-5-4-6-8-21)26-22(23)13-20(14-27-26)19-11-9-18(2)10-12-19/h4-8,11,13-15,17-18H,3,9-10,12,16H2,1-2H3. The van der Waals surface area contributed by atoms with E-state index < -0.39 is 10.0 Å². The molecule has 7 nitrogen and oxygen atoms in total. The second-order valence-corrected chi connectivity index (χ2v) is 11.4. The molecule has 1 aliphatic rings. The van der Waals surface area contributed by atoms with E-state index in [0.29, 0.717) is 23.9 Å². The number of allylic oxidation sites excluding steroid dienone is 2. The van der Waals surface area contributed by atoms with Crippen molar-refractivity contribution in [1.82, 2.24) is 13.9 Å². The van der Waals surface area contributed by atoms with Crippen LogP contribution in [-0.4, -0.2) is 29.0 Å². The summed E-state index contributed by atoms with van der Waals surface area (Å²) < 4.78 is 28.4. The molecule has 1 aromatic carbocycles. The summed E-state index contributed by atoms with van der Waals surface area (Å²) in [7, 11) is -3.84. The molecule has 0 aliphatic heterocycles. The molecule has 3 aromatic heterocycles. The van der Waals surface area contributed by atoms with Crippen LogP contribution < -0.4 is 0 Å². The average molecular weight is 510 g/mol. The summed E-state index contributed by atoms with van der Waals surface area (Å²) in [6, 6.07) is 10.5. The molecule has 0 N–H and O–H groups in total. The molecule has 5 rings (SSSR count). The van der Waals surface area contributed by atoms with E-state index in [2.05, 4.69) is 23.0 Å². The summed E-state index contributed by atoms with van der Waals surface area (Å²) >= 11 is 1.44. The van der Waals surface area contributed by atoms with E-state index in [0.717, 1.165) is 40.8 Å². The van der Waals surface area contributed by atoms with Crippen molar-refractivity contribution in [3.8, 4) is 11.3 Å². The summed E-state index contributed by atoms with van der Waals surface area (Å²) in [4.78, 5) is 19.7. The first-order valence-corrected chi connectivity index (χ1v) is 14.0. The summed E-state index contributed by atoms with van der Waals surface area (Å²) in [6.45, 7) is 4.79. The number of aromatic nitrogens is 3. The highest BCUT2D eigenvalue weighted by atomic mass is 32.2. The Bertz CT molecular complexity index is 1470. The van der Waals surface area contributed by atoms with Crippen LogP contribution in [0.15, 0.2) is 65.1 Å². The maximum absolute atomic E-state index is 13.6. The van der Waals surface area contributed by atoms with Crippen LogP contribution in [0, 0.1) is 5.92 Å². The number of benzene rings is 1. The number of pyridine rings is 1. The van der Waals surface area contributed by atoms with Crippen molar-refractivity contribution < 1.29 is 18.2 Å². The minimum absolute atomic E-state index is 0.211. The minimum atomic E-state index is -3.84. The average Bonchev–Trinajstić information content (AvgIpc) is 3.50. The maximum atomic E-state index is 13.6. The zero-order chi connectivity index (χ0) is 24.4. The molecule has 182 valence electrons. The van der Waals surface area contributed by atoms with Crippen molar-refractivity contribution in [3.63, 3.8) is 0 Å². The Balaban J connectivity index is 1.64. The molecule has 1 unspecified atom stereocenters. The number of rotatable bonds is 8. The molecule has 1 atom stereocenters. The topological polar surface area (TPSA) is 83.3 Å². The Labute approximate surface area is 209 Å². The lowest BCUT2D eigenvalue weighted by Crippen LogP contribution is -2.12. The first-order chi connectivity index (χ1) is 17.0. The first kappa shape index (κ1) is 23.9. The van der Waals surface area contributed by atoms with Gasteiger partial charge in [0.05, 0.1) is 17.2 Å². The highest BCUT2D eigenvalue weighted by molar-refractivity contribution is 7.90. The molecular formula is C26H27N3O4S2. The lowest BCUT2D eigenvalue weighted by Gasteiger charge is -2.18. The van der Waals surface area contributed by atoms with Crippen LogP contribution in [0.1, 0.15) is 43.7 Å². The van der Waals surface area contributed by atoms with Gasteiger partial charge in [-0.15, -0.1) is 11.3 Å². The van der Waals surface area contributed by atoms with Crippen molar-refractivity contribution in [2.45, 2.75) is 44.6 Å². The van der Waals surface area contributed by atoms with Gasteiger partial charge in [0.1, 0.15) is 11.6 Å². The van der Waals surface area contributed by atoms with E-state index in [9.17, 15) is 8.42 Å². The molecule has 4 aromatic rings. The van der Waals surface area contributed by atoms with Crippen LogP contribution in [0.25, 0.3) is 27.9 Å². The molecule has 9 heteroatoms. The summed E-state index contributed by atoms with van der Waals surface area (Å²) in [5, 5.41) is 3.41. The smallest absolute Gasteiger partial charge is 0.239 e. The van der Waals surface area contributed by atoms with Crippen molar-refractivity contribution in [2.75, 3.05) is 6.61 Å². The van der Waals surface area contributed by atoms with Gasteiger partial charge in [-0.3, -0.25) is 0 Å². The van der Waals surface area contributed by atoms with Crippen LogP contribution in [0.2, 0.25) is 0 Å². The van der Waals surface area contributed by atoms with Crippen LogP contribution in [0.4, 0.5) is 0 Å². The van der Waals surface area contributed by atoms with E-state index >= 15 is 0 Å². The van der Waals surface area contributed by atoms with E-state index in [1.807, 2.05) is 18.4 Å². The van der Waals surface area contributed by atoms with E-state index in [1.165, 1.54) is 20.9 Å². The van der Waals surface area contributed by atoms with Crippen LogP contribution in [-0.2, 0) is 26.4 Å². The van der Waals surface area contributed by atoms with Gasteiger partial charge in [0, 0.05) is 28.7 Å². The van der Waals surface area contributed by atoms with Crippen LogP contribution >= 0.6 is 11.3 Å². The number of hydrogen-bond donors (Lipinski definition) is 0. The highest BCUT2D eigenvalue weighted by Crippen LogP contribution is 2.36. The molecule has 35 heavy (non-hydrogen) atoms. The van der Waals surface area contributed by atoms with Crippen LogP contribution in [0.5, 0.6) is 0 Å². The lowest BCUT2D eigenvalue weighted by atomic mass is 9.88. The SMILES string of the molecule is CCOOCc1nc(-c2cn(S(=O)(=O)c3ccccc3)c3ncc(C4=CCC(C)CC4)cc23)cs1. The van der Waals surface area contributed by atoms with Gasteiger partial charge in [0.15, 0.2) is 5.65 Å². The maximum Gasteiger partial charge on any atom is 0.269 e. The molecule has 0 bridgehead atoms. The van der Waals surface area contributed by atoms with E-state index in [-0.39, 0.29) is 11.5 Å². The third-order valence-corrected chi connectivity index (χ3v) is 8.65. The quantitative estimate of drug-likeness (QED) is 0.163. The third kappa shape index (κ3) is 4.81. The molecular weight excluding hydrogens is 482 g/mol. The Morgan fingerprint density at radius 3 is 2.77 bits per heavy atom. The van der Waals surface area contributed by atoms with Gasteiger partial charge in [-0.25, -0.2) is 32.1 Å². The van der Waals surface area contributed by atoms with Gasteiger partial charge in [0.25, 0.3) is 10.0 Å². The van der Waals surface area contributed by atoms with Gasteiger partial charge in [0.2, 0.25) is 0 Å². The third-order valence-electron chi connectivity index (χ3n) is 6.17. The fourth-order valence-corrected chi connectivity index (χ4v) is 6.29. The second kappa shape index (κ2) is 10.0. The Morgan fingerprint density at radius 1 is 1.20 bits per heavy atom. The zero-order valence-corrected chi connectivity index (χ0v) is 21.3. The van der Waals surface area contributed by atoms with Crippen molar-refractivity contribution >= 4 is 38.0 Å². The van der Waals surface area contributed by atoms with Gasteiger partial charge >= 0.3 is 0 Å². The van der Waals surface area contributed by atoms with Gasteiger partial charge < -0.3 is 0 Å². The van der Waals surface area contributed by atoms with Gasteiger partial charge in [-0.2, -0.15) is 0 Å².